The lowest BCUT2D eigenvalue weighted by Crippen LogP contribution is -2.07. The molecule has 0 bridgehead atoms. The van der Waals surface area contributed by atoms with Crippen molar-refractivity contribution in [2.75, 3.05) is 7.11 Å². The molecule has 0 heterocycles. The maximum Gasteiger partial charge on any atom is 0.294 e. The minimum Gasteiger partial charge on any atom is -0.496 e. The Kier molecular flexibility index (Phi) is 17.1. The minimum atomic E-state index is -4.47. The third kappa shape index (κ3) is 13.5. The average Bonchev–Trinajstić information content (AvgIpc) is 1.68. The molecular formula is C76H56O11S. The highest BCUT2D eigenvalue weighted by atomic mass is 32.2. The number of fused-ring (bicyclic) bond motifs is 2. The number of methoxy groups -OCH3 is 1. The van der Waals surface area contributed by atoms with E-state index < -0.39 is 15.9 Å². The number of rotatable bonds is 17. The van der Waals surface area contributed by atoms with Gasteiger partial charge in [0.2, 0.25) is 0 Å². The molecule has 0 amide bonds. The molecule has 0 saturated heterocycles. The van der Waals surface area contributed by atoms with Gasteiger partial charge in [0.1, 0.15) is 40.2 Å². The van der Waals surface area contributed by atoms with Crippen LogP contribution >= 0.6 is 0 Å². The summed E-state index contributed by atoms with van der Waals surface area (Å²) < 4.78 is 56.5. The van der Waals surface area contributed by atoms with E-state index in [0.29, 0.717) is 84.6 Å². The molecule has 0 unspecified atom stereocenters. The molecule has 12 rings (SSSR count). The molecule has 0 aliphatic heterocycles. The maximum atomic E-state index is 13.5. The summed E-state index contributed by atoms with van der Waals surface area (Å²) in [5, 5.41) is 3.86. The standard InChI is InChI=1S/C38H28O7S.C38H28O4/c1-24-12-21-31(34(22-24)38(40)28-6-3-7-30(23-28)46(41,42)43)25-13-15-26(16-14-25)37(39)27-17-19-29(20-18-27)45-36-11-5-8-32-33(36)9-4-10-35(32)44-2;1-25-3-7-28(8-4-25)37(39)30-13-17-33(18-14-30)41-35-21-11-27-12-22-36(24-32(27)23-35)42-34-19-15-31(16-20-34)38(40)29-9-5-26(2)6-10-29/h3-23H,1-2H3,(H,41,42,43);3-24H,1-2H3. The van der Waals surface area contributed by atoms with Crippen molar-refractivity contribution >= 4 is 54.8 Å². The molecule has 12 heteroatoms. The largest absolute Gasteiger partial charge is 0.496 e. The van der Waals surface area contributed by atoms with Crippen LogP contribution in [0.3, 0.4) is 0 Å². The number of ether oxygens (including phenoxy) is 4. The summed E-state index contributed by atoms with van der Waals surface area (Å²) in [6.07, 6.45) is 0. The van der Waals surface area contributed by atoms with Crippen LogP contribution in [0.25, 0.3) is 32.7 Å². The summed E-state index contributed by atoms with van der Waals surface area (Å²) in [4.78, 5) is 52.1. The van der Waals surface area contributed by atoms with Crippen molar-refractivity contribution in [2.24, 2.45) is 0 Å². The van der Waals surface area contributed by atoms with Crippen LogP contribution in [-0.4, -0.2) is 43.2 Å². The topological polar surface area (TPSA) is 160 Å². The van der Waals surface area contributed by atoms with Gasteiger partial charge in [0.15, 0.2) is 23.1 Å². The summed E-state index contributed by atoms with van der Waals surface area (Å²) in [6, 6.07) is 77.3. The molecular weight excluding hydrogens is 1120 g/mol. The lowest BCUT2D eigenvalue weighted by molar-refractivity contribution is 0.103. The van der Waals surface area contributed by atoms with Gasteiger partial charge in [0.25, 0.3) is 10.1 Å². The van der Waals surface area contributed by atoms with E-state index in [1.807, 2.05) is 154 Å². The number of carbonyl (C=O) groups is 4. The van der Waals surface area contributed by atoms with Crippen molar-refractivity contribution in [2.45, 2.75) is 25.7 Å². The molecule has 11 nitrogen and oxygen atoms in total. The first kappa shape index (κ1) is 58.7. The van der Waals surface area contributed by atoms with E-state index >= 15 is 0 Å². The maximum absolute atomic E-state index is 13.5. The number of benzene rings is 12. The van der Waals surface area contributed by atoms with Crippen molar-refractivity contribution in [3.63, 3.8) is 0 Å². The molecule has 1 N–H and O–H groups in total. The Morgan fingerprint density at radius 3 is 1.20 bits per heavy atom. The van der Waals surface area contributed by atoms with E-state index in [1.165, 1.54) is 18.2 Å². The van der Waals surface area contributed by atoms with Gasteiger partial charge in [-0.2, -0.15) is 8.42 Å². The normalized spacial score (nSPS) is 11.1. The second-order valence-electron chi connectivity index (χ2n) is 21.0. The second kappa shape index (κ2) is 25.7. The Morgan fingerprint density at radius 1 is 0.341 bits per heavy atom. The third-order valence-electron chi connectivity index (χ3n) is 14.8. The summed E-state index contributed by atoms with van der Waals surface area (Å²) in [5.41, 5.74) is 8.41. The first-order valence-corrected chi connectivity index (χ1v) is 29.5. The monoisotopic (exact) mass is 1180 g/mol. The predicted molar refractivity (Wildman–Crippen MR) is 343 cm³/mol. The Bertz CT molecular complexity index is 4570. The molecule has 12 aromatic rings. The van der Waals surface area contributed by atoms with Crippen LogP contribution < -0.4 is 18.9 Å². The lowest BCUT2D eigenvalue weighted by Gasteiger charge is -2.12. The summed E-state index contributed by atoms with van der Waals surface area (Å²) in [5.74, 6) is 4.04. The fourth-order valence-electron chi connectivity index (χ4n) is 10.0. The van der Waals surface area contributed by atoms with Crippen LogP contribution in [-0.2, 0) is 10.1 Å². The molecule has 0 saturated carbocycles. The molecule has 0 fully saturated rings. The fourth-order valence-corrected chi connectivity index (χ4v) is 10.6. The predicted octanol–water partition coefficient (Wildman–Crippen LogP) is 17.8. The van der Waals surface area contributed by atoms with Crippen molar-refractivity contribution < 1.29 is 51.1 Å². The molecule has 432 valence electrons. The summed E-state index contributed by atoms with van der Waals surface area (Å²) in [7, 11) is -2.84. The molecule has 12 aromatic carbocycles. The smallest absolute Gasteiger partial charge is 0.294 e. The van der Waals surface area contributed by atoms with Crippen LogP contribution in [0.5, 0.6) is 40.2 Å². The molecule has 0 radical (unpaired) electrons. The zero-order chi connectivity index (χ0) is 61.5. The Hall–Kier alpha value is -11.1. The Balaban J connectivity index is 0.000000183. The molecule has 0 aliphatic rings. The SMILES string of the molecule is COc1cccc2c(Oc3ccc(C(=O)c4ccc(-c5ccc(C)cc5C(=O)c5cccc(S(=O)(=O)O)c5)cc4)cc3)cccc12.Cc1ccc(C(=O)c2ccc(Oc3ccc4ccc(Oc5ccc(C(=O)c6ccc(C)cc6)cc5)cc4c3)cc2)cc1. The van der Waals surface area contributed by atoms with Gasteiger partial charge in [0, 0.05) is 55.3 Å². The van der Waals surface area contributed by atoms with Gasteiger partial charge in [-0.25, -0.2) is 0 Å². The van der Waals surface area contributed by atoms with E-state index in [1.54, 1.807) is 110 Å². The van der Waals surface area contributed by atoms with Gasteiger partial charge < -0.3 is 18.9 Å². The van der Waals surface area contributed by atoms with Crippen molar-refractivity contribution in [3.05, 3.63) is 322 Å². The highest BCUT2D eigenvalue weighted by Crippen LogP contribution is 2.36. The average molecular weight is 1180 g/mol. The fraction of sp³-hybridized carbons (Fsp3) is 0.0526. The van der Waals surface area contributed by atoms with Crippen molar-refractivity contribution in [1.29, 1.82) is 0 Å². The summed E-state index contributed by atoms with van der Waals surface area (Å²) >= 11 is 0. The van der Waals surface area contributed by atoms with Crippen molar-refractivity contribution in [1.82, 2.24) is 0 Å². The van der Waals surface area contributed by atoms with Gasteiger partial charge in [0.05, 0.1) is 12.0 Å². The number of carbonyl (C=O) groups excluding carboxylic acids is 4. The highest BCUT2D eigenvalue weighted by Gasteiger charge is 2.20. The number of ketones is 4. The molecule has 0 aliphatic carbocycles. The van der Waals surface area contributed by atoms with Crippen LogP contribution in [0.2, 0.25) is 0 Å². The minimum absolute atomic E-state index is 0.0210. The van der Waals surface area contributed by atoms with Crippen molar-refractivity contribution in [3.8, 4) is 51.4 Å². The Morgan fingerprint density at radius 2 is 0.739 bits per heavy atom. The van der Waals surface area contributed by atoms with Gasteiger partial charge in [-0.1, -0.05) is 150 Å². The van der Waals surface area contributed by atoms with E-state index in [2.05, 4.69) is 0 Å². The zero-order valence-electron chi connectivity index (χ0n) is 48.3. The quantitative estimate of drug-likeness (QED) is 0.0683. The van der Waals surface area contributed by atoms with Gasteiger partial charge >= 0.3 is 0 Å². The van der Waals surface area contributed by atoms with Crippen LogP contribution in [0.1, 0.15) is 80.4 Å². The molecule has 0 atom stereocenters. The van der Waals surface area contributed by atoms with Gasteiger partial charge in [-0.15, -0.1) is 0 Å². The third-order valence-corrected chi connectivity index (χ3v) is 15.6. The van der Waals surface area contributed by atoms with Crippen LogP contribution in [0, 0.1) is 20.8 Å². The lowest BCUT2D eigenvalue weighted by atomic mass is 9.91. The molecule has 88 heavy (non-hydrogen) atoms. The van der Waals surface area contributed by atoms with Crippen LogP contribution in [0.15, 0.2) is 266 Å². The molecule has 0 spiro atoms. The number of hydrogen-bond acceptors (Lipinski definition) is 10. The first-order chi connectivity index (χ1) is 42.5. The zero-order valence-corrected chi connectivity index (χ0v) is 49.1. The van der Waals surface area contributed by atoms with E-state index in [9.17, 15) is 32.1 Å². The van der Waals surface area contributed by atoms with Gasteiger partial charge in [-0.05, 0) is 170 Å². The van der Waals surface area contributed by atoms with E-state index in [0.717, 1.165) is 50.1 Å². The van der Waals surface area contributed by atoms with E-state index in [4.69, 9.17) is 18.9 Å². The Labute approximate surface area is 509 Å². The van der Waals surface area contributed by atoms with Gasteiger partial charge in [-0.3, -0.25) is 23.7 Å². The van der Waals surface area contributed by atoms with Crippen LogP contribution in [0.4, 0.5) is 0 Å². The summed E-state index contributed by atoms with van der Waals surface area (Å²) in [6.45, 7) is 5.85. The first-order valence-electron chi connectivity index (χ1n) is 28.1. The van der Waals surface area contributed by atoms with E-state index in [-0.39, 0.29) is 27.8 Å². The highest BCUT2D eigenvalue weighted by molar-refractivity contribution is 7.85. The number of hydrogen-bond donors (Lipinski definition) is 1. The second-order valence-corrected chi connectivity index (χ2v) is 22.5. The molecule has 0 aromatic heterocycles. The number of aryl methyl sites for hydroxylation is 3.